The number of likely N-dealkylation sites (tertiary alicyclic amines) is 1. The molecule has 2 N–H and O–H groups in total. The highest BCUT2D eigenvalue weighted by Crippen LogP contribution is 2.35. The molecule has 0 aromatic heterocycles. The Kier molecular flexibility index (Phi) is 4.22. The maximum Gasteiger partial charge on any atom is 0.253 e. The molecule has 1 unspecified atom stereocenters. The molecule has 1 atom stereocenters. The molecule has 1 saturated heterocycles. The van der Waals surface area contributed by atoms with E-state index < -0.39 is 0 Å². The number of hydrogen-bond donors (Lipinski definition) is 1. The number of rotatable bonds is 1. The summed E-state index contributed by atoms with van der Waals surface area (Å²) in [5.41, 5.74) is 6.83. The molecule has 1 aliphatic heterocycles. The second kappa shape index (κ2) is 5.45. The number of anilines is 1. The lowest BCUT2D eigenvalue weighted by Crippen LogP contribution is -2.31. The molecule has 1 amide bonds. The molecule has 0 bridgehead atoms. The molecule has 3 nitrogen and oxygen atoms in total. The minimum absolute atomic E-state index is 0.0259. The third kappa shape index (κ3) is 3.04. The normalized spacial score (nSPS) is 19.4. The van der Waals surface area contributed by atoms with Gasteiger partial charge in [-0.25, -0.2) is 0 Å². The van der Waals surface area contributed by atoms with Crippen molar-refractivity contribution in [2.75, 3.05) is 18.8 Å². The number of carbonyl (C=O) groups is 1. The summed E-state index contributed by atoms with van der Waals surface area (Å²) < 4.78 is 0. The monoisotopic (exact) mass is 314 g/mol. The van der Waals surface area contributed by atoms with E-state index in [0.29, 0.717) is 27.2 Å². The van der Waals surface area contributed by atoms with E-state index in [-0.39, 0.29) is 11.3 Å². The molecule has 20 heavy (non-hydrogen) atoms. The van der Waals surface area contributed by atoms with Gasteiger partial charge in [0, 0.05) is 18.7 Å². The van der Waals surface area contributed by atoms with Gasteiger partial charge in [-0.3, -0.25) is 4.79 Å². The van der Waals surface area contributed by atoms with Gasteiger partial charge < -0.3 is 10.6 Å². The van der Waals surface area contributed by atoms with Gasteiger partial charge in [0.25, 0.3) is 5.91 Å². The van der Waals surface area contributed by atoms with E-state index in [0.717, 1.165) is 19.5 Å². The molecule has 5 heteroatoms. The van der Waals surface area contributed by atoms with Crippen LogP contribution in [0.3, 0.4) is 0 Å². The van der Waals surface area contributed by atoms with Gasteiger partial charge in [-0.1, -0.05) is 44.0 Å². The molecule has 110 valence electrons. The second-order valence-electron chi connectivity index (χ2n) is 6.46. The Morgan fingerprint density at radius 3 is 2.50 bits per heavy atom. The first-order valence-electron chi connectivity index (χ1n) is 6.74. The minimum atomic E-state index is -0.0259. The zero-order chi connectivity index (χ0) is 15.1. The summed E-state index contributed by atoms with van der Waals surface area (Å²) in [5.74, 6) is 0.494. The largest absolute Gasteiger partial charge is 0.397 e. The van der Waals surface area contributed by atoms with Gasteiger partial charge in [0.2, 0.25) is 0 Å². The first kappa shape index (κ1) is 15.5. The van der Waals surface area contributed by atoms with Crippen molar-refractivity contribution in [1.29, 1.82) is 0 Å². The van der Waals surface area contributed by atoms with E-state index in [1.54, 1.807) is 12.1 Å². The molecule has 1 fully saturated rings. The number of carbonyl (C=O) groups excluding carboxylic acids is 1. The number of benzene rings is 1. The molecule has 1 aromatic carbocycles. The molecule has 1 aromatic rings. The highest BCUT2D eigenvalue weighted by molar-refractivity contribution is 6.43. The molecular weight excluding hydrogens is 295 g/mol. The molecule has 0 aliphatic carbocycles. The predicted molar refractivity (Wildman–Crippen MR) is 84.3 cm³/mol. The van der Waals surface area contributed by atoms with Gasteiger partial charge in [0.05, 0.1) is 15.7 Å². The number of hydrogen-bond acceptors (Lipinski definition) is 2. The SMILES string of the molecule is CC(C)(C)C1CCN(C(=O)c2cc(N)c(Cl)c(Cl)c2)C1. The van der Waals surface area contributed by atoms with Gasteiger partial charge in [0.1, 0.15) is 0 Å². The maximum absolute atomic E-state index is 12.5. The van der Waals surface area contributed by atoms with Crippen LogP contribution in [0.1, 0.15) is 37.6 Å². The topological polar surface area (TPSA) is 46.3 Å². The smallest absolute Gasteiger partial charge is 0.253 e. The van der Waals surface area contributed by atoms with Gasteiger partial charge in [0.15, 0.2) is 0 Å². The number of nitrogen functional groups attached to an aromatic ring is 1. The molecule has 0 radical (unpaired) electrons. The number of nitrogens with zero attached hydrogens (tertiary/aromatic N) is 1. The molecular formula is C15H20Cl2N2O. The molecule has 0 saturated carbocycles. The van der Waals surface area contributed by atoms with Gasteiger partial charge in [-0.15, -0.1) is 0 Å². The zero-order valence-corrected chi connectivity index (χ0v) is 13.6. The van der Waals surface area contributed by atoms with E-state index in [4.69, 9.17) is 28.9 Å². The average molecular weight is 315 g/mol. The molecule has 1 heterocycles. The van der Waals surface area contributed by atoms with Crippen molar-refractivity contribution >= 4 is 34.8 Å². The van der Waals surface area contributed by atoms with Crippen LogP contribution in [0, 0.1) is 11.3 Å². The summed E-state index contributed by atoms with van der Waals surface area (Å²) in [6.07, 6.45) is 1.03. The van der Waals surface area contributed by atoms with E-state index in [1.165, 1.54) is 0 Å². The Hall–Kier alpha value is -0.930. The van der Waals surface area contributed by atoms with Crippen LogP contribution in [0.5, 0.6) is 0 Å². The van der Waals surface area contributed by atoms with Gasteiger partial charge >= 0.3 is 0 Å². The zero-order valence-electron chi connectivity index (χ0n) is 12.0. The Labute approximate surface area is 130 Å². The van der Waals surface area contributed by atoms with Crippen LogP contribution in [0.15, 0.2) is 12.1 Å². The maximum atomic E-state index is 12.5. The summed E-state index contributed by atoms with van der Waals surface area (Å²) in [6, 6.07) is 3.19. The van der Waals surface area contributed by atoms with E-state index in [9.17, 15) is 4.79 Å². The van der Waals surface area contributed by atoms with Crippen molar-refractivity contribution in [1.82, 2.24) is 4.90 Å². The average Bonchev–Trinajstić information content (AvgIpc) is 2.83. The quantitative estimate of drug-likeness (QED) is 0.794. The highest BCUT2D eigenvalue weighted by Gasteiger charge is 2.34. The number of amides is 1. The van der Waals surface area contributed by atoms with Crippen molar-refractivity contribution in [2.45, 2.75) is 27.2 Å². The van der Waals surface area contributed by atoms with Crippen molar-refractivity contribution < 1.29 is 4.79 Å². The lowest BCUT2D eigenvalue weighted by atomic mass is 9.80. The fourth-order valence-corrected chi connectivity index (χ4v) is 2.90. The van der Waals surface area contributed by atoms with Crippen LogP contribution in [0.4, 0.5) is 5.69 Å². The fraction of sp³-hybridized carbons (Fsp3) is 0.533. The van der Waals surface area contributed by atoms with E-state index >= 15 is 0 Å². The minimum Gasteiger partial charge on any atom is -0.397 e. The van der Waals surface area contributed by atoms with Crippen LogP contribution < -0.4 is 5.73 Å². The Balaban J connectivity index is 2.17. The van der Waals surface area contributed by atoms with Crippen LogP contribution in [-0.2, 0) is 0 Å². The second-order valence-corrected chi connectivity index (χ2v) is 7.25. The van der Waals surface area contributed by atoms with Gasteiger partial charge in [-0.05, 0) is 29.9 Å². The third-order valence-corrected chi connectivity index (χ3v) is 4.82. The molecule has 0 spiro atoms. The van der Waals surface area contributed by atoms with Crippen molar-refractivity contribution in [2.24, 2.45) is 11.3 Å². The van der Waals surface area contributed by atoms with Crippen LogP contribution >= 0.6 is 23.2 Å². The van der Waals surface area contributed by atoms with E-state index in [1.807, 2.05) is 4.90 Å². The lowest BCUT2D eigenvalue weighted by molar-refractivity contribution is 0.0776. The Morgan fingerprint density at radius 2 is 2.00 bits per heavy atom. The first-order chi connectivity index (χ1) is 9.20. The summed E-state index contributed by atoms with van der Waals surface area (Å²) in [7, 11) is 0. The molecule has 1 aliphatic rings. The standard InChI is InChI=1S/C15H20Cl2N2O/c1-15(2,3)10-4-5-19(8-10)14(20)9-6-11(16)13(17)12(18)7-9/h6-7,10H,4-5,8,18H2,1-3H3. The third-order valence-electron chi connectivity index (χ3n) is 4.00. The Morgan fingerprint density at radius 1 is 1.35 bits per heavy atom. The number of halogens is 2. The predicted octanol–water partition coefficient (Wildman–Crippen LogP) is 4.08. The summed E-state index contributed by atoms with van der Waals surface area (Å²) in [6.45, 7) is 8.19. The number of nitrogens with two attached hydrogens (primary N) is 1. The van der Waals surface area contributed by atoms with E-state index in [2.05, 4.69) is 20.8 Å². The Bertz CT molecular complexity index is 514. The van der Waals surface area contributed by atoms with Crippen LogP contribution in [-0.4, -0.2) is 23.9 Å². The first-order valence-corrected chi connectivity index (χ1v) is 7.49. The van der Waals surface area contributed by atoms with Gasteiger partial charge in [-0.2, -0.15) is 0 Å². The fourth-order valence-electron chi connectivity index (χ4n) is 2.57. The van der Waals surface area contributed by atoms with Crippen molar-refractivity contribution in [3.63, 3.8) is 0 Å². The van der Waals surface area contributed by atoms with Crippen molar-refractivity contribution in [3.8, 4) is 0 Å². The summed E-state index contributed by atoms with van der Waals surface area (Å²) >= 11 is 11.9. The van der Waals surface area contributed by atoms with Crippen molar-refractivity contribution in [3.05, 3.63) is 27.7 Å². The van der Waals surface area contributed by atoms with Crippen LogP contribution in [0.2, 0.25) is 10.0 Å². The van der Waals surface area contributed by atoms with Crippen LogP contribution in [0.25, 0.3) is 0 Å². The summed E-state index contributed by atoms with van der Waals surface area (Å²) in [4.78, 5) is 14.4. The lowest BCUT2D eigenvalue weighted by Gasteiger charge is -2.27. The highest BCUT2D eigenvalue weighted by atomic mass is 35.5. The molecule has 2 rings (SSSR count). The summed E-state index contributed by atoms with van der Waals surface area (Å²) in [5, 5.41) is 0.624.